The third-order valence-electron chi connectivity index (χ3n) is 6.26. The second-order valence-corrected chi connectivity index (χ2v) is 12.1. The summed E-state index contributed by atoms with van der Waals surface area (Å²) in [6.45, 7) is 5.06. The Kier molecular flexibility index (Phi) is 7.57. The van der Waals surface area contributed by atoms with Gasteiger partial charge in [-0.2, -0.15) is 9.30 Å². The summed E-state index contributed by atoms with van der Waals surface area (Å²) in [5.74, 6) is 3.37. The zero-order valence-electron chi connectivity index (χ0n) is 21.5. The number of sulfonamides is 1. The maximum Gasteiger partial charge on any atom is 0.279 e. The molecule has 1 aliphatic rings. The van der Waals surface area contributed by atoms with Gasteiger partial charge in [0.15, 0.2) is 16.3 Å². The molecule has 0 spiro atoms. The van der Waals surface area contributed by atoms with Crippen molar-refractivity contribution in [1.82, 2.24) is 8.87 Å². The average Bonchev–Trinajstić information content (AvgIpc) is 3.26. The lowest BCUT2D eigenvalue weighted by Crippen LogP contribution is -2.36. The summed E-state index contributed by atoms with van der Waals surface area (Å²) in [5, 5.41) is 0. The second kappa shape index (κ2) is 11.1. The zero-order valence-corrected chi connectivity index (χ0v) is 23.2. The summed E-state index contributed by atoms with van der Waals surface area (Å²) < 4.78 is 42.3. The van der Waals surface area contributed by atoms with E-state index >= 15 is 0 Å². The molecule has 0 aliphatic carbocycles. The van der Waals surface area contributed by atoms with E-state index < -0.39 is 15.9 Å². The summed E-state index contributed by atoms with van der Waals surface area (Å²) in [6, 6.07) is 18.7. The van der Waals surface area contributed by atoms with Gasteiger partial charge in [-0.05, 0) is 43.7 Å². The number of carbonyl (C=O) groups excluding carboxylic acids is 1. The van der Waals surface area contributed by atoms with Gasteiger partial charge in [0, 0.05) is 30.3 Å². The first kappa shape index (κ1) is 26.7. The van der Waals surface area contributed by atoms with Crippen LogP contribution in [-0.2, 0) is 23.1 Å². The van der Waals surface area contributed by atoms with E-state index in [0.717, 1.165) is 15.8 Å². The number of fused-ring (bicyclic) bond motifs is 2. The quantitative estimate of drug-likeness (QED) is 0.311. The van der Waals surface area contributed by atoms with Gasteiger partial charge >= 0.3 is 0 Å². The number of hydrogen-bond donors (Lipinski definition) is 0. The van der Waals surface area contributed by atoms with Crippen LogP contribution in [0.15, 0.2) is 76.6 Å². The van der Waals surface area contributed by atoms with Gasteiger partial charge < -0.3 is 14.0 Å². The van der Waals surface area contributed by atoms with E-state index in [1.807, 2.05) is 56.3 Å². The highest BCUT2D eigenvalue weighted by Gasteiger charge is 2.27. The number of terminal acetylenes is 1. The molecule has 200 valence electrons. The SMILES string of the molecule is C#CCn1c(=NC(=O)c2ccc(S(=O)(=O)N(Cc3ccccc3)C(C)C)cc2)sc2cc3c(cc21)OCCO3. The summed E-state index contributed by atoms with van der Waals surface area (Å²) in [7, 11) is -3.80. The summed E-state index contributed by atoms with van der Waals surface area (Å²) >= 11 is 1.32. The first-order valence-corrected chi connectivity index (χ1v) is 14.6. The first-order valence-electron chi connectivity index (χ1n) is 12.4. The van der Waals surface area contributed by atoms with Crippen molar-refractivity contribution >= 4 is 37.5 Å². The molecule has 0 saturated carbocycles. The minimum atomic E-state index is -3.80. The number of amides is 1. The summed E-state index contributed by atoms with van der Waals surface area (Å²) in [6.07, 6.45) is 5.60. The van der Waals surface area contributed by atoms with Gasteiger partial charge in [0.1, 0.15) is 13.2 Å². The summed E-state index contributed by atoms with van der Waals surface area (Å²) in [5.41, 5.74) is 1.95. The highest BCUT2D eigenvalue weighted by atomic mass is 32.2. The molecule has 0 bridgehead atoms. The maximum absolute atomic E-state index is 13.5. The monoisotopic (exact) mass is 561 g/mol. The van der Waals surface area contributed by atoms with Gasteiger partial charge in [0.05, 0.1) is 21.7 Å². The second-order valence-electron chi connectivity index (χ2n) is 9.21. The van der Waals surface area contributed by atoms with Crippen molar-refractivity contribution in [2.45, 2.75) is 37.9 Å². The first-order chi connectivity index (χ1) is 18.8. The molecule has 39 heavy (non-hydrogen) atoms. The van der Waals surface area contributed by atoms with E-state index in [4.69, 9.17) is 15.9 Å². The Balaban J connectivity index is 1.45. The van der Waals surface area contributed by atoms with Crippen LogP contribution in [0.2, 0.25) is 0 Å². The molecule has 0 unspecified atom stereocenters. The number of ether oxygens (including phenoxy) is 2. The Morgan fingerprint density at radius 3 is 2.38 bits per heavy atom. The molecule has 5 rings (SSSR count). The minimum Gasteiger partial charge on any atom is -0.486 e. The van der Waals surface area contributed by atoms with Crippen LogP contribution in [0.25, 0.3) is 10.2 Å². The van der Waals surface area contributed by atoms with Crippen molar-refractivity contribution in [1.29, 1.82) is 0 Å². The predicted molar refractivity (Wildman–Crippen MR) is 150 cm³/mol. The number of carbonyl (C=O) groups is 1. The number of aromatic nitrogens is 1. The molecule has 10 heteroatoms. The Bertz CT molecular complexity index is 1730. The molecule has 0 radical (unpaired) electrons. The Hall–Kier alpha value is -3.91. The number of nitrogens with zero attached hydrogens (tertiary/aromatic N) is 3. The molecule has 3 aromatic carbocycles. The number of hydrogen-bond acceptors (Lipinski definition) is 6. The van der Waals surface area contributed by atoms with E-state index in [-0.39, 0.29) is 29.6 Å². The molecule has 2 heterocycles. The molecule has 0 fully saturated rings. The molecule has 0 atom stereocenters. The van der Waals surface area contributed by atoms with Crippen LogP contribution >= 0.6 is 11.3 Å². The van der Waals surface area contributed by atoms with Crippen LogP contribution in [0.1, 0.15) is 29.8 Å². The highest BCUT2D eigenvalue weighted by molar-refractivity contribution is 7.89. The van der Waals surface area contributed by atoms with Crippen molar-refractivity contribution in [2.24, 2.45) is 4.99 Å². The maximum atomic E-state index is 13.5. The standard InChI is InChI=1S/C29H27N3O5S2/c1-4-14-31-24-17-25-26(37-16-15-36-25)18-27(24)38-29(31)30-28(33)22-10-12-23(13-11-22)39(34,35)32(20(2)3)19-21-8-6-5-7-9-21/h1,5-13,17-18,20H,14-16,19H2,2-3H3. The predicted octanol–water partition coefficient (Wildman–Crippen LogP) is 4.45. The van der Waals surface area contributed by atoms with Gasteiger partial charge in [0.25, 0.3) is 5.91 Å². The van der Waals surface area contributed by atoms with Crippen molar-refractivity contribution in [2.75, 3.05) is 13.2 Å². The van der Waals surface area contributed by atoms with Crippen molar-refractivity contribution in [3.05, 3.63) is 82.7 Å². The van der Waals surface area contributed by atoms with Crippen molar-refractivity contribution in [3.8, 4) is 23.8 Å². The van der Waals surface area contributed by atoms with Gasteiger partial charge in [-0.25, -0.2) is 8.42 Å². The summed E-state index contributed by atoms with van der Waals surface area (Å²) in [4.78, 5) is 18.0. The van der Waals surface area contributed by atoms with Gasteiger partial charge in [-0.15, -0.1) is 6.42 Å². The van der Waals surface area contributed by atoms with Crippen LogP contribution in [0.4, 0.5) is 0 Å². The van der Waals surface area contributed by atoms with E-state index in [0.29, 0.717) is 29.5 Å². The number of benzene rings is 3. The molecule has 8 nitrogen and oxygen atoms in total. The van der Waals surface area contributed by atoms with Gasteiger partial charge in [-0.3, -0.25) is 4.79 Å². The Morgan fingerprint density at radius 1 is 1.08 bits per heavy atom. The topological polar surface area (TPSA) is 90.2 Å². The van der Waals surface area contributed by atoms with Gasteiger partial charge in [-0.1, -0.05) is 47.6 Å². The average molecular weight is 562 g/mol. The fraction of sp³-hybridized carbons (Fsp3) is 0.241. The minimum absolute atomic E-state index is 0.110. The molecule has 4 aromatic rings. The molecule has 1 amide bonds. The normalized spacial score (nSPS) is 13.7. The molecule has 0 N–H and O–H groups in total. The zero-order chi connectivity index (χ0) is 27.6. The lowest BCUT2D eigenvalue weighted by molar-refractivity contribution is 0.0997. The molecule has 0 saturated heterocycles. The smallest absolute Gasteiger partial charge is 0.279 e. The van der Waals surface area contributed by atoms with E-state index in [1.54, 1.807) is 4.57 Å². The third-order valence-corrected chi connectivity index (χ3v) is 9.34. The van der Waals surface area contributed by atoms with E-state index in [1.165, 1.54) is 39.9 Å². The van der Waals surface area contributed by atoms with Crippen molar-refractivity contribution in [3.63, 3.8) is 0 Å². The van der Waals surface area contributed by atoms with E-state index in [2.05, 4.69) is 10.9 Å². The molecule has 1 aliphatic heterocycles. The van der Waals surface area contributed by atoms with Crippen LogP contribution in [-0.4, -0.2) is 42.5 Å². The number of rotatable bonds is 7. The van der Waals surface area contributed by atoms with Crippen molar-refractivity contribution < 1.29 is 22.7 Å². The Morgan fingerprint density at radius 2 is 1.74 bits per heavy atom. The fourth-order valence-electron chi connectivity index (χ4n) is 4.30. The van der Waals surface area contributed by atoms with Crippen LogP contribution in [0.5, 0.6) is 11.5 Å². The third kappa shape index (κ3) is 5.47. The highest BCUT2D eigenvalue weighted by Crippen LogP contribution is 2.35. The van der Waals surface area contributed by atoms with E-state index in [9.17, 15) is 13.2 Å². The van der Waals surface area contributed by atoms with Crippen LogP contribution in [0.3, 0.4) is 0 Å². The fourth-order valence-corrected chi connectivity index (χ4v) is 6.96. The number of thiazole rings is 1. The molecule has 1 aromatic heterocycles. The molecular formula is C29H27N3O5S2. The van der Waals surface area contributed by atoms with Gasteiger partial charge in [0.2, 0.25) is 10.0 Å². The largest absolute Gasteiger partial charge is 0.486 e. The Labute approximate surface area is 231 Å². The lowest BCUT2D eigenvalue weighted by atomic mass is 10.2. The molecular weight excluding hydrogens is 534 g/mol. The lowest BCUT2D eigenvalue weighted by Gasteiger charge is -2.26. The van der Waals surface area contributed by atoms with Crippen LogP contribution in [0, 0.1) is 12.3 Å². The van der Waals surface area contributed by atoms with Crippen LogP contribution < -0.4 is 14.3 Å².